The SMILES string of the molecule is C=CCNC(=O)Nc1cn(CCOC)c2ccccc12. The number of hydrogen-bond acceptors (Lipinski definition) is 2. The Morgan fingerprint density at radius 2 is 2.25 bits per heavy atom. The van der Waals surface area contributed by atoms with Crippen molar-refractivity contribution in [2.75, 3.05) is 25.6 Å². The zero-order chi connectivity index (χ0) is 14.4. The molecule has 1 aromatic heterocycles. The average molecular weight is 273 g/mol. The summed E-state index contributed by atoms with van der Waals surface area (Å²) in [7, 11) is 1.67. The molecular formula is C15H19N3O2. The zero-order valence-electron chi connectivity index (χ0n) is 11.6. The molecule has 0 atom stereocenters. The highest BCUT2D eigenvalue weighted by Crippen LogP contribution is 2.25. The van der Waals surface area contributed by atoms with Gasteiger partial charge in [-0.1, -0.05) is 24.3 Å². The Bertz CT molecular complexity index is 604. The van der Waals surface area contributed by atoms with E-state index in [1.165, 1.54) is 0 Å². The molecule has 0 aliphatic heterocycles. The monoisotopic (exact) mass is 273 g/mol. The van der Waals surface area contributed by atoms with Gasteiger partial charge in [0.05, 0.1) is 17.8 Å². The van der Waals surface area contributed by atoms with Gasteiger partial charge in [-0.15, -0.1) is 6.58 Å². The maximum atomic E-state index is 11.7. The molecule has 2 amide bonds. The van der Waals surface area contributed by atoms with E-state index in [4.69, 9.17) is 4.74 Å². The summed E-state index contributed by atoms with van der Waals surface area (Å²) in [5.41, 5.74) is 1.86. The molecule has 5 heteroatoms. The van der Waals surface area contributed by atoms with Gasteiger partial charge in [0.2, 0.25) is 0 Å². The predicted octanol–water partition coefficient (Wildman–Crippen LogP) is 2.60. The molecule has 2 aromatic rings. The first-order chi connectivity index (χ1) is 9.76. The van der Waals surface area contributed by atoms with Gasteiger partial charge in [0, 0.05) is 31.8 Å². The van der Waals surface area contributed by atoms with E-state index >= 15 is 0 Å². The van der Waals surface area contributed by atoms with Gasteiger partial charge in [-0.3, -0.25) is 0 Å². The Labute approximate surface area is 118 Å². The number of carbonyl (C=O) groups excluding carboxylic acids is 1. The molecule has 0 radical (unpaired) electrons. The Hall–Kier alpha value is -2.27. The number of nitrogens with zero attached hydrogens (tertiary/aromatic N) is 1. The molecule has 5 nitrogen and oxygen atoms in total. The van der Waals surface area contributed by atoms with Crippen LogP contribution in [0, 0.1) is 0 Å². The summed E-state index contributed by atoms with van der Waals surface area (Å²) in [5.74, 6) is 0. The van der Waals surface area contributed by atoms with E-state index in [1.54, 1.807) is 13.2 Å². The zero-order valence-corrected chi connectivity index (χ0v) is 11.6. The molecular weight excluding hydrogens is 254 g/mol. The molecule has 0 saturated heterocycles. The van der Waals surface area contributed by atoms with Crippen LogP contribution in [0.4, 0.5) is 10.5 Å². The summed E-state index contributed by atoms with van der Waals surface area (Å²) in [6.07, 6.45) is 3.57. The number of carbonyl (C=O) groups is 1. The standard InChI is InChI=1S/C15H19N3O2/c1-3-8-16-15(19)17-13-11-18(9-10-20-2)14-7-5-4-6-12(13)14/h3-7,11H,1,8-10H2,2H3,(H2,16,17,19). The van der Waals surface area contributed by atoms with Crippen LogP contribution in [-0.4, -0.2) is 30.9 Å². The first kappa shape index (κ1) is 14.1. The average Bonchev–Trinajstić information content (AvgIpc) is 2.81. The number of rotatable bonds is 6. The normalized spacial score (nSPS) is 10.4. The number of benzene rings is 1. The number of nitrogens with one attached hydrogen (secondary N) is 2. The van der Waals surface area contributed by atoms with Crippen molar-refractivity contribution in [2.24, 2.45) is 0 Å². The number of hydrogen-bond donors (Lipinski definition) is 2. The fourth-order valence-electron chi connectivity index (χ4n) is 2.05. The van der Waals surface area contributed by atoms with Crippen LogP contribution >= 0.6 is 0 Å². The molecule has 0 fully saturated rings. The largest absolute Gasteiger partial charge is 0.383 e. The number of urea groups is 1. The van der Waals surface area contributed by atoms with Crippen LogP contribution in [0.5, 0.6) is 0 Å². The second-order valence-corrected chi connectivity index (χ2v) is 4.37. The van der Waals surface area contributed by atoms with Gasteiger partial charge in [-0.05, 0) is 6.07 Å². The fourth-order valence-corrected chi connectivity index (χ4v) is 2.05. The molecule has 20 heavy (non-hydrogen) atoms. The molecule has 0 aliphatic carbocycles. The number of para-hydroxylation sites is 1. The van der Waals surface area contributed by atoms with E-state index in [-0.39, 0.29) is 6.03 Å². The van der Waals surface area contributed by atoms with Crippen molar-refractivity contribution >= 4 is 22.6 Å². The second-order valence-electron chi connectivity index (χ2n) is 4.37. The molecule has 1 aromatic carbocycles. The third kappa shape index (κ3) is 3.19. The van der Waals surface area contributed by atoms with Crippen molar-refractivity contribution in [3.8, 4) is 0 Å². The lowest BCUT2D eigenvalue weighted by atomic mass is 10.2. The van der Waals surface area contributed by atoms with Crippen LogP contribution < -0.4 is 10.6 Å². The van der Waals surface area contributed by atoms with Crippen molar-refractivity contribution in [3.63, 3.8) is 0 Å². The topological polar surface area (TPSA) is 55.3 Å². The Balaban J connectivity index is 2.24. The number of ether oxygens (including phenoxy) is 1. The molecule has 2 N–H and O–H groups in total. The fraction of sp³-hybridized carbons (Fsp3) is 0.267. The van der Waals surface area contributed by atoms with Gasteiger partial charge in [0.15, 0.2) is 0 Å². The number of anilines is 1. The highest BCUT2D eigenvalue weighted by atomic mass is 16.5. The summed E-state index contributed by atoms with van der Waals surface area (Å²) < 4.78 is 7.18. The maximum absolute atomic E-state index is 11.7. The number of fused-ring (bicyclic) bond motifs is 1. The Morgan fingerprint density at radius 1 is 1.45 bits per heavy atom. The molecule has 0 unspecified atom stereocenters. The van der Waals surface area contributed by atoms with E-state index in [0.29, 0.717) is 13.2 Å². The lowest BCUT2D eigenvalue weighted by Crippen LogP contribution is -2.28. The van der Waals surface area contributed by atoms with E-state index in [1.807, 2.05) is 30.5 Å². The molecule has 0 spiro atoms. The summed E-state index contributed by atoms with van der Waals surface area (Å²) in [5, 5.41) is 6.56. The van der Waals surface area contributed by atoms with E-state index in [2.05, 4.69) is 21.8 Å². The summed E-state index contributed by atoms with van der Waals surface area (Å²) in [4.78, 5) is 11.7. The lowest BCUT2D eigenvalue weighted by Gasteiger charge is -2.04. The molecule has 1 heterocycles. The van der Waals surface area contributed by atoms with E-state index in [0.717, 1.165) is 23.1 Å². The van der Waals surface area contributed by atoms with E-state index < -0.39 is 0 Å². The number of amides is 2. The highest BCUT2D eigenvalue weighted by Gasteiger charge is 2.10. The van der Waals surface area contributed by atoms with Crippen molar-refractivity contribution < 1.29 is 9.53 Å². The lowest BCUT2D eigenvalue weighted by molar-refractivity contribution is 0.188. The minimum Gasteiger partial charge on any atom is -0.383 e. The minimum atomic E-state index is -0.237. The quantitative estimate of drug-likeness (QED) is 0.795. The van der Waals surface area contributed by atoms with Crippen LogP contribution in [0.15, 0.2) is 43.1 Å². The van der Waals surface area contributed by atoms with Crippen LogP contribution in [0.25, 0.3) is 10.9 Å². The second kappa shape index (κ2) is 6.77. The highest BCUT2D eigenvalue weighted by molar-refractivity contribution is 6.01. The maximum Gasteiger partial charge on any atom is 0.319 e. The van der Waals surface area contributed by atoms with Gasteiger partial charge in [0.1, 0.15) is 0 Å². The third-order valence-electron chi connectivity index (χ3n) is 2.98. The van der Waals surface area contributed by atoms with Crippen LogP contribution in [0.2, 0.25) is 0 Å². The number of methoxy groups -OCH3 is 1. The minimum absolute atomic E-state index is 0.237. The molecule has 106 valence electrons. The first-order valence-electron chi connectivity index (χ1n) is 6.49. The third-order valence-corrected chi connectivity index (χ3v) is 2.98. The van der Waals surface area contributed by atoms with Crippen molar-refractivity contribution in [1.29, 1.82) is 0 Å². The summed E-state index contributed by atoms with van der Waals surface area (Å²) in [6.45, 7) is 5.37. The van der Waals surface area contributed by atoms with Crippen molar-refractivity contribution in [1.82, 2.24) is 9.88 Å². The van der Waals surface area contributed by atoms with Crippen LogP contribution in [0.3, 0.4) is 0 Å². The molecule has 0 saturated carbocycles. The molecule has 0 bridgehead atoms. The van der Waals surface area contributed by atoms with Gasteiger partial charge in [-0.2, -0.15) is 0 Å². The Morgan fingerprint density at radius 3 is 3.00 bits per heavy atom. The van der Waals surface area contributed by atoms with Crippen molar-refractivity contribution in [2.45, 2.75) is 6.54 Å². The Kier molecular flexibility index (Phi) is 4.79. The van der Waals surface area contributed by atoms with Gasteiger partial charge < -0.3 is 19.9 Å². The summed E-state index contributed by atoms with van der Waals surface area (Å²) >= 11 is 0. The predicted molar refractivity (Wildman–Crippen MR) is 81.0 cm³/mol. The van der Waals surface area contributed by atoms with Crippen LogP contribution in [-0.2, 0) is 11.3 Å². The summed E-state index contributed by atoms with van der Waals surface area (Å²) in [6, 6.07) is 7.71. The van der Waals surface area contributed by atoms with Crippen molar-refractivity contribution in [3.05, 3.63) is 43.1 Å². The van der Waals surface area contributed by atoms with Gasteiger partial charge in [-0.25, -0.2) is 4.79 Å². The number of aromatic nitrogens is 1. The smallest absolute Gasteiger partial charge is 0.319 e. The molecule has 0 aliphatic rings. The first-order valence-corrected chi connectivity index (χ1v) is 6.49. The van der Waals surface area contributed by atoms with Gasteiger partial charge in [0.25, 0.3) is 0 Å². The van der Waals surface area contributed by atoms with E-state index in [9.17, 15) is 4.79 Å². The van der Waals surface area contributed by atoms with Crippen LogP contribution in [0.1, 0.15) is 0 Å². The molecule has 2 rings (SSSR count). The van der Waals surface area contributed by atoms with Gasteiger partial charge >= 0.3 is 6.03 Å².